The van der Waals surface area contributed by atoms with E-state index in [1.165, 1.54) is 6.07 Å². The molecule has 2 saturated carbocycles. The van der Waals surface area contributed by atoms with Gasteiger partial charge in [0.1, 0.15) is 18.2 Å². The first-order valence-corrected chi connectivity index (χ1v) is 13.8. The largest absolute Gasteiger partial charge is 0.489 e. The van der Waals surface area contributed by atoms with Gasteiger partial charge in [0.25, 0.3) is 6.43 Å². The highest BCUT2D eigenvalue weighted by atomic mass is 19.3. The van der Waals surface area contributed by atoms with E-state index in [2.05, 4.69) is 13.8 Å². The van der Waals surface area contributed by atoms with Gasteiger partial charge in [-0.2, -0.15) is 0 Å². The van der Waals surface area contributed by atoms with Gasteiger partial charge in [-0.3, -0.25) is 4.79 Å². The Labute approximate surface area is 228 Å². The summed E-state index contributed by atoms with van der Waals surface area (Å²) in [5, 5.41) is 9.37. The molecule has 0 heterocycles. The van der Waals surface area contributed by atoms with Crippen LogP contribution >= 0.6 is 0 Å². The molecule has 2 atom stereocenters. The minimum absolute atomic E-state index is 0.00132. The minimum Gasteiger partial charge on any atom is -0.489 e. The van der Waals surface area contributed by atoms with E-state index in [1.807, 2.05) is 42.5 Å². The van der Waals surface area contributed by atoms with Gasteiger partial charge in [-0.05, 0) is 95.4 Å². The molecule has 3 aromatic rings. The van der Waals surface area contributed by atoms with E-state index >= 15 is 0 Å². The lowest BCUT2D eigenvalue weighted by Crippen LogP contribution is -2.17. The number of carbonyl (C=O) groups is 1. The van der Waals surface area contributed by atoms with Crippen LogP contribution in [0.5, 0.6) is 5.75 Å². The SMILES string of the molecule is CC1(C)CCC[C@H]1c1cc(COc2cccc([C@@H](CC(=O)O)C3CC3)c2)ccc1-c1cc(C(F)F)ccc1F. The zero-order valence-corrected chi connectivity index (χ0v) is 22.4. The third-order valence-electron chi connectivity index (χ3n) is 8.56. The van der Waals surface area contributed by atoms with E-state index in [0.29, 0.717) is 17.2 Å². The van der Waals surface area contributed by atoms with Gasteiger partial charge >= 0.3 is 5.97 Å². The second-order valence-corrected chi connectivity index (χ2v) is 11.8. The van der Waals surface area contributed by atoms with Crippen molar-refractivity contribution in [1.82, 2.24) is 0 Å². The number of benzene rings is 3. The summed E-state index contributed by atoms with van der Waals surface area (Å²) in [4.78, 5) is 11.4. The van der Waals surface area contributed by atoms with Crippen LogP contribution in [0.2, 0.25) is 0 Å². The Kier molecular flexibility index (Phi) is 7.75. The third kappa shape index (κ3) is 6.15. The molecular formula is C33H35F3O3. The highest BCUT2D eigenvalue weighted by Crippen LogP contribution is 2.51. The fourth-order valence-corrected chi connectivity index (χ4v) is 6.27. The molecule has 3 aromatic carbocycles. The number of carboxylic acids is 1. The maximum absolute atomic E-state index is 15.0. The zero-order chi connectivity index (χ0) is 27.7. The van der Waals surface area contributed by atoms with Crippen molar-refractivity contribution < 1.29 is 27.8 Å². The number of hydrogen-bond acceptors (Lipinski definition) is 2. The van der Waals surface area contributed by atoms with E-state index in [0.717, 1.165) is 60.9 Å². The van der Waals surface area contributed by atoms with E-state index in [-0.39, 0.29) is 41.4 Å². The number of alkyl halides is 2. The second-order valence-electron chi connectivity index (χ2n) is 11.8. The van der Waals surface area contributed by atoms with Crippen molar-refractivity contribution in [3.63, 3.8) is 0 Å². The Morgan fingerprint density at radius 2 is 1.79 bits per heavy atom. The molecule has 5 rings (SSSR count). The predicted molar refractivity (Wildman–Crippen MR) is 146 cm³/mol. The molecule has 39 heavy (non-hydrogen) atoms. The molecule has 0 bridgehead atoms. The molecule has 6 heteroatoms. The van der Waals surface area contributed by atoms with Crippen LogP contribution in [-0.4, -0.2) is 11.1 Å². The van der Waals surface area contributed by atoms with Crippen molar-refractivity contribution in [3.8, 4) is 16.9 Å². The second kappa shape index (κ2) is 11.1. The van der Waals surface area contributed by atoms with E-state index < -0.39 is 18.2 Å². The molecule has 0 saturated heterocycles. The third-order valence-corrected chi connectivity index (χ3v) is 8.56. The summed E-state index contributed by atoms with van der Waals surface area (Å²) in [5.74, 6) is -0.0718. The Bertz CT molecular complexity index is 1350. The Hall–Kier alpha value is -3.28. The van der Waals surface area contributed by atoms with Gasteiger partial charge in [0, 0.05) is 11.1 Å². The van der Waals surface area contributed by atoms with Gasteiger partial charge in [-0.15, -0.1) is 0 Å². The fourth-order valence-electron chi connectivity index (χ4n) is 6.27. The molecule has 206 valence electrons. The van der Waals surface area contributed by atoms with Crippen LogP contribution in [0.25, 0.3) is 11.1 Å². The van der Waals surface area contributed by atoms with E-state index in [1.54, 1.807) is 0 Å². The number of hydrogen-bond donors (Lipinski definition) is 1. The first-order chi connectivity index (χ1) is 18.6. The molecule has 2 aliphatic rings. The molecule has 1 N–H and O–H groups in total. The number of ether oxygens (including phenoxy) is 1. The molecule has 0 spiro atoms. The topological polar surface area (TPSA) is 46.5 Å². The minimum atomic E-state index is -2.67. The first-order valence-electron chi connectivity index (χ1n) is 13.8. The van der Waals surface area contributed by atoms with Gasteiger partial charge in [0.15, 0.2) is 0 Å². The first kappa shape index (κ1) is 27.3. The van der Waals surface area contributed by atoms with Crippen LogP contribution < -0.4 is 4.74 Å². The highest BCUT2D eigenvalue weighted by molar-refractivity contribution is 5.70. The Morgan fingerprint density at radius 1 is 1.00 bits per heavy atom. The van der Waals surface area contributed by atoms with Crippen molar-refractivity contribution in [2.45, 2.75) is 77.2 Å². The lowest BCUT2D eigenvalue weighted by Gasteiger charge is -2.30. The molecule has 0 amide bonds. The van der Waals surface area contributed by atoms with Crippen LogP contribution in [0, 0.1) is 17.2 Å². The summed E-state index contributed by atoms with van der Waals surface area (Å²) >= 11 is 0. The maximum Gasteiger partial charge on any atom is 0.303 e. The Morgan fingerprint density at radius 3 is 2.46 bits per heavy atom. The van der Waals surface area contributed by atoms with Gasteiger partial charge in [0.2, 0.25) is 0 Å². The predicted octanol–water partition coefficient (Wildman–Crippen LogP) is 9.27. The maximum atomic E-state index is 15.0. The monoisotopic (exact) mass is 536 g/mol. The normalized spacial score (nSPS) is 19.3. The summed E-state index contributed by atoms with van der Waals surface area (Å²) in [7, 11) is 0. The quantitative estimate of drug-likeness (QED) is 0.281. The summed E-state index contributed by atoms with van der Waals surface area (Å²) in [6, 6.07) is 17.0. The van der Waals surface area contributed by atoms with Gasteiger partial charge < -0.3 is 9.84 Å². The molecule has 0 unspecified atom stereocenters. The smallest absolute Gasteiger partial charge is 0.303 e. The van der Waals surface area contributed by atoms with Crippen molar-refractivity contribution in [2.24, 2.45) is 11.3 Å². The van der Waals surface area contributed by atoms with Crippen molar-refractivity contribution in [2.75, 3.05) is 0 Å². The van der Waals surface area contributed by atoms with Crippen LogP contribution in [0.4, 0.5) is 13.2 Å². The lowest BCUT2D eigenvalue weighted by molar-refractivity contribution is -0.137. The van der Waals surface area contributed by atoms with Gasteiger partial charge in [-0.1, -0.05) is 56.7 Å². The molecule has 3 nitrogen and oxygen atoms in total. The number of aliphatic carboxylic acids is 1. The van der Waals surface area contributed by atoms with Crippen LogP contribution in [0.1, 0.15) is 92.9 Å². The van der Waals surface area contributed by atoms with E-state index in [9.17, 15) is 23.1 Å². The van der Waals surface area contributed by atoms with Crippen molar-refractivity contribution in [1.29, 1.82) is 0 Å². The molecule has 2 fully saturated rings. The van der Waals surface area contributed by atoms with Gasteiger partial charge in [-0.25, -0.2) is 13.2 Å². The van der Waals surface area contributed by atoms with Crippen molar-refractivity contribution in [3.05, 3.63) is 88.7 Å². The highest BCUT2D eigenvalue weighted by Gasteiger charge is 2.37. The lowest BCUT2D eigenvalue weighted by atomic mass is 9.75. The standard InChI is InChI=1S/C33H35F3O3/c1-33(2)14-4-7-29(33)27-15-20(8-12-25(27)28-17-23(32(35)36)11-13-30(28)34)19-39-24-6-3-5-22(16-24)26(18-31(37)38)21-9-10-21/h3,5-6,8,11-13,15-17,21,26,29,32H,4,7,9-10,14,18-19H2,1-2H3,(H,37,38)/t26-,29-/m0/s1. The molecule has 0 radical (unpaired) electrons. The zero-order valence-electron chi connectivity index (χ0n) is 22.4. The molecule has 2 aliphatic carbocycles. The summed E-state index contributed by atoms with van der Waals surface area (Å²) < 4.78 is 48.1. The molecular weight excluding hydrogens is 501 g/mol. The number of carboxylic acid groups (broad SMARTS) is 1. The number of halogens is 3. The average molecular weight is 537 g/mol. The van der Waals surface area contributed by atoms with Crippen LogP contribution in [0.15, 0.2) is 60.7 Å². The van der Waals surface area contributed by atoms with Crippen LogP contribution in [0.3, 0.4) is 0 Å². The van der Waals surface area contributed by atoms with Crippen molar-refractivity contribution >= 4 is 5.97 Å². The summed E-state index contributed by atoms with van der Waals surface area (Å²) in [6.07, 6.45) is 2.60. The van der Waals surface area contributed by atoms with Crippen LogP contribution in [-0.2, 0) is 11.4 Å². The van der Waals surface area contributed by atoms with Gasteiger partial charge in [0.05, 0.1) is 6.42 Å². The van der Waals surface area contributed by atoms with E-state index in [4.69, 9.17) is 4.74 Å². The fraction of sp³-hybridized carbons (Fsp3) is 0.424. The average Bonchev–Trinajstić information content (AvgIpc) is 3.68. The summed E-state index contributed by atoms with van der Waals surface area (Å²) in [6.45, 7) is 4.71. The number of rotatable bonds is 10. The summed E-state index contributed by atoms with van der Waals surface area (Å²) in [5.41, 5.74) is 3.53. The molecule has 0 aliphatic heterocycles. The molecule has 0 aromatic heterocycles. The Balaban J connectivity index is 1.44.